The van der Waals surface area contributed by atoms with E-state index in [2.05, 4.69) is 18.7 Å². The van der Waals surface area contributed by atoms with Crippen LogP contribution in [0.15, 0.2) is 18.2 Å². The standard InChI is InChI=1S/C14H17FN2/c1-10-5-11(2)9-17(8-10)13-4-3-12(7-16)14(15)6-13/h3-4,6,10-11H,5,8-9H2,1-2H3. The van der Waals surface area contributed by atoms with E-state index in [1.807, 2.05) is 12.1 Å². The molecule has 90 valence electrons. The third-order valence-corrected chi connectivity index (χ3v) is 3.31. The van der Waals surface area contributed by atoms with Gasteiger partial charge in [-0.05, 0) is 36.5 Å². The van der Waals surface area contributed by atoms with Gasteiger partial charge in [0.2, 0.25) is 0 Å². The van der Waals surface area contributed by atoms with Crippen LogP contribution < -0.4 is 4.90 Å². The lowest BCUT2D eigenvalue weighted by Gasteiger charge is -2.36. The van der Waals surface area contributed by atoms with Crippen molar-refractivity contribution < 1.29 is 4.39 Å². The smallest absolute Gasteiger partial charge is 0.143 e. The summed E-state index contributed by atoms with van der Waals surface area (Å²) in [7, 11) is 0. The van der Waals surface area contributed by atoms with Crippen LogP contribution in [0.25, 0.3) is 0 Å². The van der Waals surface area contributed by atoms with Gasteiger partial charge in [0.05, 0.1) is 5.56 Å². The second kappa shape index (κ2) is 4.75. The Balaban J connectivity index is 2.22. The van der Waals surface area contributed by atoms with Crippen LogP contribution in [0.1, 0.15) is 25.8 Å². The van der Waals surface area contributed by atoms with Gasteiger partial charge in [-0.3, -0.25) is 0 Å². The summed E-state index contributed by atoms with van der Waals surface area (Å²) in [5.41, 5.74) is 1.01. The molecule has 0 N–H and O–H groups in total. The van der Waals surface area contributed by atoms with E-state index in [0.29, 0.717) is 11.8 Å². The van der Waals surface area contributed by atoms with E-state index in [1.165, 1.54) is 12.5 Å². The van der Waals surface area contributed by atoms with Gasteiger partial charge in [-0.25, -0.2) is 4.39 Å². The quantitative estimate of drug-likeness (QED) is 0.743. The van der Waals surface area contributed by atoms with Crippen molar-refractivity contribution in [2.45, 2.75) is 20.3 Å². The molecule has 1 saturated heterocycles. The highest BCUT2D eigenvalue weighted by atomic mass is 19.1. The Labute approximate surface area is 102 Å². The molecule has 1 fully saturated rings. The molecule has 17 heavy (non-hydrogen) atoms. The molecule has 0 aliphatic carbocycles. The third-order valence-electron chi connectivity index (χ3n) is 3.31. The molecule has 1 heterocycles. The van der Waals surface area contributed by atoms with Gasteiger partial charge in [0.15, 0.2) is 0 Å². The Morgan fingerprint density at radius 1 is 1.29 bits per heavy atom. The minimum Gasteiger partial charge on any atom is -0.371 e. The van der Waals surface area contributed by atoms with Crippen molar-refractivity contribution in [2.24, 2.45) is 11.8 Å². The number of rotatable bonds is 1. The summed E-state index contributed by atoms with van der Waals surface area (Å²) in [6, 6.07) is 6.73. The SMILES string of the molecule is CC1CC(C)CN(c2ccc(C#N)c(F)c2)C1. The molecule has 0 radical (unpaired) electrons. The summed E-state index contributed by atoms with van der Waals surface area (Å²) >= 11 is 0. The average Bonchev–Trinajstić information content (AvgIpc) is 2.27. The summed E-state index contributed by atoms with van der Waals surface area (Å²) in [6.07, 6.45) is 1.23. The maximum atomic E-state index is 13.6. The largest absolute Gasteiger partial charge is 0.371 e. The summed E-state index contributed by atoms with van der Waals surface area (Å²) < 4.78 is 13.6. The van der Waals surface area contributed by atoms with Crippen LogP contribution in [0.2, 0.25) is 0 Å². The van der Waals surface area contributed by atoms with Gasteiger partial charge in [-0.15, -0.1) is 0 Å². The van der Waals surface area contributed by atoms with E-state index in [-0.39, 0.29) is 5.56 Å². The van der Waals surface area contributed by atoms with Crippen molar-refractivity contribution >= 4 is 5.69 Å². The van der Waals surface area contributed by atoms with Crippen molar-refractivity contribution in [3.63, 3.8) is 0 Å². The van der Waals surface area contributed by atoms with E-state index in [1.54, 1.807) is 6.07 Å². The van der Waals surface area contributed by atoms with Gasteiger partial charge in [0, 0.05) is 18.8 Å². The van der Waals surface area contributed by atoms with Crippen LogP contribution in [0.5, 0.6) is 0 Å². The number of piperidine rings is 1. The van der Waals surface area contributed by atoms with Gasteiger partial charge in [0.1, 0.15) is 11.9 Å². The van der Waals surface area contributed by atoms with Crippen LogP contribution in [-0.4, -0.2) is 13.1 Å². The highest BCUT2D eigenvalue weighted by Gasteiger charge is 2.22. The molecule has 0 spiro atoms. The molecular formula is C14H17FN2. The normalized spacial score (nSPS) is 24.5. The minimum absolute atomic E-state index is 0.117. The lowest BCUT2D eigenvalue weighted by Crippen LogP contribution is -2.38. The zero-order valence-corrected chi connectivity index (χ0v) is 10.3. The van der Waals surface area contributed by atoms with Gasteiger partial charge in [0.25, 0.3) is 0 Å². The summed E-state index contributed by atoms with van der Waals surface area (Å²) in [5, 5.41) is 8.70. The third kappa shape index (κ3) is 2.58. The second-order valence-electron chi connectivity index (χ2n) is 5.13. The number of nitriles is 1. The first kappa shape index (κ1) is 11.9. The Hall–Kier alpha value is -1.56. The van der Waals surface area contributed by atoms with Crippen LogP contribution in [0.3, 0.4) is 0 Å². The van der Waals surface area contributed by atoms with Gasteiger partial charge >= 0.3 is 0 Å². The van der Waals surface area contributed by atoms with E-state index in [0.717, 1.165) is 18.8 Å². The first-order valence-electron chi connectivity index (χ1n) is 6.04. The molecule has 0 bridgehead atoms. The molecule has 1 aromatic carbocycles. The summed E-state index contributed by atoms with van der Waals surface area (Å²) in [6.45, 7) is 6.39. The monoisotopic (exact) mass is 232 g/mol. The van der Waals surface area contributed by atoms with E-state index in [9.17, 15) is 4.39 Å². The molecule has 1 aliphatic rings. The Bertz CT molecular complexity index is 440. The molecule has 1 aromatic rings. The summed E-state index contributed by atoms with van der Waals surface area (Å²) in [4.78, 5) is 2.21. The molecule has 2 nitrogen and oxygen atoms in total. The molecule has 1 aliphatic heterocycles. The first-order valence-corrected chi connectivity index (χ1v) is 6.04. The number of hydrogen-bond donors (Lipinski definition) is 0. The van der Waals surface area contributed by atoms with Crippen molar-refractivity contribution in [2.75, 3.05) is 18.0 Å². The molecule has 0 aromatic heterocycles. The van der Waals surface area contributed by atoms with Crippen molar-refractivity contribution in [1.29, 1.82) is 5.26 Å². The molecule has 3 heteroatoms. The number of nitrogens with zero attached hydrogens (tertiary/aromatic N) is 2. The first-order chi connectivity index (χ1) is 8.10. The van der Waals surface area contributed by atoms with Crippen molar-refractivity contribution in [3.8, 4) is 6.07 Å². The Morgan fingerprint density at radius 2 is 1.94 bits per heavy atom. The number of benzene rings is 1. The van der Waals surface area contributed by atoms with Crippen LogP contribution in [0.4, 0.5) is 10.1 Å². The Morgan fingerprint density at radius 3 is 2.47 bits per heavy atom. The van der Waals surface area contributed by atoms with Gasteiger partial charge in [-0.2, -0.15) is 5.26 Å². The van der Waals surface area contributed by atoms with E-state index >= 15 is 0 Å². The van der Waals surface area contributed by atoms with Gasteiger partial charge < -0.3 is 4.90 Å². The van der Waals surface area contributed by atoms with Crippen LogP contribution in [-0.2, 0) is 0 Å². The average molecular weight is 232 g/mol. The minimum atomic E-state index is -0.420. The van der Waals surface area contributed by atoms with Crippen LogP contribution in [0, 0.1) is 29.0 Å². The molecule has 2 atom stereocenters. The topological polar surface area (TPSA) is 27.0 Å². The Kier molecular flexibility index (Phi) is 3.33. The van der Waals surface area contributed by atoms with Gasteiger partial charge in [-0.1, -0.05) is 13.8 Å². The second-order valence-corrected chi connectivity index (χ2v) is 5.13. The highest BCUT2D eigenvalue weighted by Crippen LogP contribution is 2.27. The highest BCUT2D eigenvalue weighted by molar-refractivity contribution is 5.50. The maximum absolute atomic E-state index is 13.6. The van der Waals surface area contributed by atoms with Crippen molar-refractivity contribution in [3.05, 3.63) is 29.6 Å². The lowest BCUT2D eigenvalue weighted by molar-refractivity contribution is 0.356. The fraction of sp³-hybridized carbons (Fsp3) is 0.500. The number of hydrogen-bond acceptors (Lipinski definition) is 2. The van der Waals surface area contributed by atoms with E-state index < -0.39 is 5.82 Å². The van der Waals surface area contributed by atoms with Crippen LogP contribution >= 0.6 is 0 Å². The molecular weight excluding hydrogens is 215 g/mol. The number of anilines is 1. The summed E-state index contributed by atoms with van der Waals surface area (Å²) in [5.74, 6) is 0.853. The van der Waals surface area contributed by atoms with Crippen molar-refractivity contribution in [1.82, 2.24) is 0 Å². The molecule has 0 saturated carbocycles. The maximum Gasteiger partial charge on any atom is 0.143 e. The predicted octanol–water partition coefficient (Wildman–Crippen LogP) is 3.18. The molecule has 2 unspecified atom stereocenters. The fourth-order valence-corrected chi connectivity index (χ4v) is 2.67. The lowest BCUT2D eigenvalue weighted by atomic mass is 9.91. The molecule has 2 rings (SSSR count). The zero-order valence-electron chi connectivity index (χ0n) is 10.3. The molecule has 0 amide bonds. The van der Waals surface area contributed by atoms with E-state index in [4.69, 9.17) is 5.26 Å². The fourth-order valence-electron chi connectivity index (χ4n) is 2.67. The number of halogens is 1. The predicted molar refractivity (Wildman–Crippen MR) is 66.3 cm³/mol. The zero-order chi connectivity index (χ0) is 12.4.